The van der Waals surface area contributed by atoms with Crippen LogP contribution in [0.1, 0.15) is 44.4 Å². The lowest BCUT2D eigenvalue weighted by Gasteiger charge is -2.43. The summed E-state index contributed by atoms with van der Waals surface area (Å²) in [7, 11) is 0. The zero-order valence-corrected chi connectivity index (χ0v) is 17.4. The van der Waals surface area contributed by atoms with E-state index in [-0.39, 0.29) is 5.54 Å². The maximum absolute atomic E-state index is 6.60. The molecule has 4 heteroatoms. The zero-order chi connectivity index (χ0) is 19.1. The molecule has 2 aromatic carbocycles. The number of fused-ring (bicyclic) bond motifs is 1. The number of rotatable bonds is 3. The van der Waals surface area contributed by atoms with Gasteiger partial charge in [0.25, 0.3) is 0 Å². The van der Waals surface area contributed by atoms with Crippen molar-refractivity contribution < 1.29 is 0 Å². The monoisotopic (exact) mass is 386 g/mol. The number of benzene rings is 2. The predicted molar refractivity (Wildman–Crippen MR) is 116 cm³/mol. The fourth-order valence-electron chi connectivity index (χ4n) is 3.65. The van der Waals surface area contributed by atoms with E-state index < -0.39 is 0 Å². The van der Waals surface area contributed by atoms with Gasteiger partial charge in [-0.2, -0.15) is 0 Å². The molecule has 0 unspecified atom stereocenters. The minimum Gasteiger partial charge on any atom is -0.363 e. The van der Waals surface area contributed by atoms with Crippen molar-refractivity contribution in [3.63, 3.8) is 0 Å². The van der Waals surface area contributed by atoms with Gasteiger partial charge in [0.2, 0.25) is 0 Å². The molecule has 0 saturated heterocycles. The van der Waals surface area contributed by atoms with Gasteiger partial charge in [0.1, 0.15) is 0 Å². The SMILES string of the molecule is CCN1c2cc(Cl)c(C=Nc3cc(Cl)ccc3C)cc2C(C)=CC1(C)C. The zero-order valence-electron chi connectivity index (χ0n) is 15.9. The molecule has 1 aliphatic heterocycles. The molecular formula is C22H24Cl2N2. The first kappa shape index (κ1) is 19.0. The van der Waals surface area contributed by atoms with E-state index in [0.717, 1.165) is 23.4 Å². The average Bonchev–Trinajstić information content (AvgIpc) is 2.55. The van der Waals surface area contributed by atoms with E-state index in [0.29, 0.717) is 10.0 Å². The Morgan fingerprint density at radius 1 is 1.12 bits per heavy atom. The maximum atomic E-state index is 6.60. The van der Waals surface area contributed by atoms with Gasteiger partial charge in [-0.15, -0.1) is 0 Å². The van der Waals surface area contributed by atoms with Gasteiger partial charge in [0, 0.05) is 34.6 Å². The topological polar surface area (TPSA) is 15.6 Å². The third-order valence-electron chi connectivity index (χ3n) is 4.93. The van der Waals surface area contributed by atoms with Crippen LogP contribution in [0.15, 0.2) is 41.4 Å². The fraction of sp³-hybridized carbons (Fsp3) is 0.318. The van der Waals surface area contributed by atoms with Crippen LogP contribution < -0.4 is 4.90 Å². The Morgan fingerprint density at radius 3 is 2.54 bits per heavy atom. The Hall–Kier alpha value is -1.77. The quantitative estimate of drug-likeness (QED) is 0.514. The number of aliphatic imine (C=N–C) groups is 1. The Labute approximate surface area is 166 Å². The molecule has 0 spiro atoms. The maximum Gasteiger partial charge on any atom is 0.0673 e. The highest BCUT2D eigenvalue weighted by Crippen LogP contribution is 2.41. The van der Waals surface area contributed by atoms with Crippen LogP contribution in [0.2, 0.25) is 10.0 Å². The summed E-state index contributed by atoms with van der Waals surface area (Å²) < 4.78 is 0. The number of allylic oxidation sites excluding steroid dienone is 1. The van der Waals surface area contributed by atoms with Gasteiger partial charge >= 0.3 is 0 Å². The van der Waals surface area contributed by atoms with Gasteiger partial charge in [0.15, 0.2) is 0 Å². The molecule has 0 bridgehead atoms. The molecule has 1 aliphatic rings. The molecule has 0 amide bonds. The standard InChI is InChI=1S/C22H24Cl2N2/c1-6-26-21-11-19(24)16(9-18(21)15(3)12-22(26,4)5)13-25-20-10-17(23)8-7-14(20)2/h7-13H,6H2,1-5H3. The number of halogens is 2. The number of hydrogen-bond acceptors (Lipinski definition) is 2. The van der Waals surface area contributed by atoms with E-state index in [9.17, 15) is 0 Å². The molecule has 0 aliphatic carbocycles. The molecule has 2 aromatic rings. The van der Waals surface area contributed by atoms with Gasteiger partial charge in [-0.05, 0) is 70.0 Å². The molecule has 0 N–H and O–H groups in total. The number of nitrogens with zero attached hydrogens (tertiary/aromatic N) is 2. The minimum absolute atomic E-state index is 0.0251. The van der Waals surface area contributed by atoms with Crippen LogP contribution in [-0.4, -0.2) is 18.3 Å². The first-order valence-electron chi connectivity index (χ1n) is 8.84. The van der Waals surface area contributed by atoms with Crippen LogP contribution in [-0.2, 0) is 0 Å². The van der Waals surface area contributed by atoms with Crippen molar-refractivity contribution in [1.29, 1.82) is 0 Å². The first-order valence-corrected chi connectivity index (χ1v) is 9.60. The van der Waals surface area contributed by atoms with Crippen LogP contribution >= 0.6 is 23.2 Å². The molecule has 0 aromatic heterocycles. The molecule has 2 nitrogen and oxygen atoms in total. The highest BCUT2D eigenvalue weighted by Gasteiger charge is 2.30. The summed E-state index contributed by atoms with van der Waals surface area (Å²) in [6.07, 6.45) is 4.14. The van der Waals surface area contributed by atoms with E-state index in [1.54, 1.807) is 0 Å². The van der Waals surface area contributed by atoms with Crippen LogP contribution in [0.25, 0.3) is 5.57 Å². The molecular weight excluding hydrogens is 363 g/mol. The van der Waals surface area contributed by atoms with Crippen molar-refractivity contribution in [3.05, 3.63) is 63.1 Å². The van der Waals surface area contributed by atoms with Gasteiger partial charge < -0.3 is 4.90 Å². The lowest BCUT2D eigenvalue weighted by Crippen LogP contribution is -2.44. The van der Waals surface area contributed by atoms with Crippen molar-refractivity contribution in [1.82, 2.24) is 0 Å². The number of hydrogen-bond donors (Lipinski definition) is 0. The van der Waals surface area contributed by atoms with Crippen molar-refractivity contribution in [2.75, 3.05) is 11.4 Å². The number of anilines is 1. The summed E-state index contributed by atoms with van der Waals surface area (Å²) in [5, 5.41) is 1.38. The van der Waals surface area contributed by atoms with Crippen molar-refractivity contribution in [2.45, 2.75) is 40.2 Å². The van der Waals surface area contributed by atoms with Crippen molar-refractivity contribution >= 4 is 46.4 Å². The lowest BCUT2D eigenvalue weighted by atomic mass is 9.88. The van der Waals surface area contributed by atoms with Gasteiger partial charge in [0.05, 0.1) is 16.2 Å². The van der Waals surface area contributed by atoms with Gasteiger partial charge in [-0.25, -0.2) is 0 Å². The third-order valence-corrected chi connectivity index (χ3v) is 5.49. The predicted octanol–water partition coefficient (Wildman–Crippen LogP) is 7.07. The lowest BCUT2D eigenvalue weighted by molar-refractivity contribution is 0.566. The molecule has 3 rings (SSSR count). The fourth-order valence-corrected chi connectivity index (χ4v) is 4.03. The van der Waals surface area contributed by atoms with Gasteiger partial charge in [-0.3, -0.25) is 4.99 Å². The average molecular weight is 387 g/mol. The Kier molecular flexibility index (Phi) is 5.18. The Morgan fingerprint density at radius 2 is 1.85 bits per heavy atom. The summed E-state index contributed by atoms with van der Waals surface area (Å²) in [5.74, 6) is 0. The van der Waals surface area contributed by atoms with E-state index in [1.165, 1.54) is 16.8 Å². The summed E-state index contributed by atoms with van der Waals surface area (Å²) in [6.45, 7) is 11.7. The summed E-state index contributed by atoms with van der Waals surface area (Å²) >= 11 is 12.7. The van der Waals surface area contributed by atoms with Crippen molar-refractivity contribution in [3.8, 4) is 0 Å². The number of aryl methyl sites for hydroxylation is 1. The molecule has 0 atom stereocenters. The third kappa shape index (κ3) is 3.54. The summed E-state index contributed by atoms with van der Waals surface area (Å²) in [5.41, 5.74) is 6.47. The van der Waals surface area contributed by atoms with E-state index >= 15 is 0 Å². The molecule has 0 radical (unpaired) electrons. The summed E-state index contributed by atoms with van der Waals surface area (Å²) in [4.78, 5) is 6.99. The van der Waals surface area contributed by atoms with Crippen LogP contribution in [0.3, 0.4) is 0 Å². The highest BCUT2D eigenvalue weighted by atomic mass is 35.5. The van der Waals surface area contributed by atoms with Crippen LogP contribution in [0.5, 0.6) is 0 Å². The van der Waals surface area contributed by atoms with E-state index in [2.05, 4.69) is 55.8 Å². The van der Waals surface area contributed by atoms with Crippen molar-refractivity contribution in [2.24, 2.45) is 4.99 Å². The smallest absolute Gasteiger partial charge is 0.0673 e. The minimum atomic E-state index is -0.0251. The Bertz CT molecular complexity index is 911. The first-order chi connectivity index (χ1) is 12.2. The van der Waals surface area contributed by atoms with Crippen LogP contribution in [0.4, 0.5) is 11.4 Å². The van der Waals surface area contributed by atoms with E-state index in [1.807, 2.05) is 31.3 Å². The van der Waals surface area contributed by atoms with Gasteiger partial charge in [-0.1, -0.05) is 35.3 Å². The summed E-state index contributed by atoms with van der Waals surface area (Å²) in [6, 6.07) is 9.90. The molecule has 26 heavy (non-hydrogen) atoms. The molecule has 0 fully saturated rings. The second-order valence-corrected chi connectivity index (χ2v) is 8.15. The molecule has 136 valence electrons. The van der Waals surface area contributed by atoms with E-state index in [4.69, 9.17) is 23.2 Å². The second-order valence-electron chi connectivity index (χ2n) is 7.31. The second kappa shape index (κ2) is 7.09. The Balaban J connectivity index is 2.05. The number of likely N-dealkylation sites (N-methyl/N-ethyl adjacent to an activating group) is 1. The van der Waals surface area contributed by atoms with Crippen LogP contribution in [0, 0.1) is 6.92 Å². The normalized spacial score (nSPS) is 16.0. The molecule has 0 saturated carbocycles. The molecule has 1 heterocycles. The highest BCUT2D eigenvalue weighted by molar-refractivity contribution is 6.33. The largest absolute Gasteiger partial charge is 0.363 e.